The van der Waals surface area contributed by atoms with E-state index in [1.807, 2.05) is 78.9 Å². The van der Waals surface area contributed by atoms with Gasteiger partial charge in [-0.1, -0.05) is 20.8 Å². The minimum atomic E-state index is 0. The van der Waals surface area contributed by atoms with E-state index in [4.69, 9.17) is 0 Å². The van der Waals surface area contributed by atoms with E-state index < -0.39 is 0 Å². The predicted molar refractivity (Wildman–Crippen MR) is 100 cm³/mol. The molecule has 0 unspecified atom stereocenters. The van der Waals surface area contributed by atoms with Crippen LogP contribution in [-0.2, 0) is 26.2 Å². The van der Waals surface area contributed by atoms with Crippen molar-refractivity contribution >= 4 is 19.3 Å². The predicted octanol–water partition coefficient (Wildman–Crippen LogP) is 5.59. The zero-order chi connectivity index (χ0) is 16.1. The van der Waals surface area contributed by atoms with Crippen LogP contribution < -0.4 is 5.30 Å². The zero-order valence-electron chi connectivity index (χ0n) is 14.0. The first-order valence-electron chi connectivity index (χ1n) is 7.36. The molecule has 0 aliphatic heterocycles. The summed E-state index contributed by atoms with van der Waals surface area (Å²) < 4.78 is 0. The van der Waals surface area contributed by atoms with Crippen LogP contribution in [0.2, 0.25) is 0 Å². The molecule has 0 spiro atoms. The molecular weight excluding hydrogens is 374 g/mol. The second-order valence-corrected chi connectivity index (χ2v) is 6.57. The van der Waals surface area contributed by atoms with E-state index in [2.05, 4.69) is 38.7 Å². The molecule has 0 aromatic heterocycles. The summed E-state index contributed by atoms with van der Waals surface area (Å²) >= 11 is 0. The van der Waals surface area contributed by atoms with Gasteiger partial charge in [-0.05, 0) is 0 Å². The minimum absolute atomic E-state index is 0. The molecule has 0 N–H and O–H groups in total. The quantitative estimate of drug-likeness (QED) is 0.371. The van der Waals surface area contributed by atoms with Gasteiger partial charge in [0.1, 0.15) is 0 Å². The van der Waals surface area contributed by atoms with Crippen LogP contribution in [-0.4, -0.2) is 5.80 Å². The summed E-state index contributed by atoms with van der Waals surface area (Å²) in [6, 6.07) is 31.2. The molecule has 124 valence electrons. The van der Waals surface area contributed by atoms with Crippen LogP contribution >= 0.6 is 8.20 Å². The van der Waals surface area contributed by atoms with Gasteiger partial charge in [-0.3, -0.25) is 0 Å². The second kappa shape index (κ2) is 13.4. The van der Waals surface area contributed by atoms with Gasteiger partial charge < -0.3 is 44.3 Å². The third kappa shape index (κ3) is 14.3. The molecule has 0 radical (unpaired) electrons. The van der Waals surface area contributed by atoms with Crippen LogP contribution in [0.1, 0.15) is 20.8 Å². The zero-order valence-corrected chi connectivity index (χ0v) is 17.4. The van der Waals surface area contributed by atoms with Crippen molar-refractivity contribution in [3.8, 4) is 0 Å². The Bertz CT molecular complexity index is 512. The Kier molecular flexibility index (Phi) is 12.8. The second-order valence-electron chi connectivity index (χ2n) is 5.65. The van der Waals surface area contributed by atoms with E-state index in [0.29, 0.717) is 0 Å². The Morgan fingerprint density at radius 1 is 0.913 bits per heavy atom. The largest absolute Gasteiger partial charge is 0.748 e. The van der Waals surface area contributed by atoms with Crippen molar-refractivity contribution in [3.63, 3.8) is 0 Å². The first-order chi connectivity index (χ1) is 10.6. The summed E-state index contributed by atoms with van der Waals surface area (Å²) in [5, 5.41) is 1.19. The van der Waals surface area contributed by atoms with E-state index in [1.54, 1.807) is 0 Å². The minimum Gasteiger partial charge on any atom is -0.748 e. The van der Waals surface area contributed by atoms with Gasteiger partial charge in [-0.2, -0.15) is 53.9 Å². The smallest absolute Gasteiger partial charge is 0 e. The Balaban J connectivity index is 0.000000362. The normalized spacial score (nSPS) is 9.87. The molecular formula is C21H23PZr-8. The topological polar surface area (TPSA) is 0 Å². The first kappa shape index (κ1) is 22.0. The Hall–Kier alpha value is -1.03. The van der Waals surface area contributed by atoms with E-state index in [0.717, 1.165) is 8.20 Å². The van der Waals surface area contributed by atoms with Gasteiger partial charge in [-0.15, -0.1) is 5.30 Å². The van der Waals surface area contributed by atoms with Crippen molar-refractivity contribution in [1.29, 1.82) is 0 Å². The average molecular weight is 398 g/mol. The molecule has 0 fully saturated rings. The number of rotatable bonds is 1. The molecule has 0 heterocycles. The molecule has 0 nitrogen and oxygen atoms in total. The summed E-state index contributed by atoms with van der Waals surface area (Å²) in [4.78, 5) is 0. The summed E-state index contributed by atoms with van der Waals surface area (Å²) in [5.74, 6) is 3.38. The molecule has 0 aliphatic carbocycles. The van der Waals surface area contributed by atoms with E-state index >= 15 is 0 Å². The fraction of sp³-hybridized carbons (Fsp3) is 0.190. The van der Waals surface area contributed by atoms with E-state index in [-0.39, 0.29) is 31.6 Å². The number of hydrogen-bond acceptors (Lipinski definition) is 0. The van der Waals surface area contributed by atoms with Gasteiger partial charge in [0.2, 0.25) is 0 Å². The molecule has 0 atom stereocenters. The Labute approximate surface area is 162 Å². The van der Waals surface area contributed by atoms with Crippen molar-refractivity contribution in [2.45, 2.75) is 20.8 Å². The van der Waals surface area contributed by atoms with E-state index in [1.165, 1.54) is 5.30 Å². The van der Waals surface area contributed by atoms with Gasteiger partial charge in [0.15, 0.2) is 0 Å². The van der Waals surface area contributed by atoms with Gasteiger partial charge in [0.05, 0.1) is 0 Å². The molecule has 3 aromatic carbocycles. The van der Waals surface area contributed by atoms with Crippen molar-refractivity contribution in [2.24, 2.45) is 5.41 Å². The van der Waals surface area contributed by atoms with Gasteiger partial charge in [-0.25, -0.2) is 12.1 Å². The van der Waals surface area contributed by atoms with Crippen LogP contribution in [0.25, 0.3) is 0 Å². The summed E-state index contributed by atoms with van der Waals surface area (Å²) in [6.45, 7) is 6.47. The maximum absolute atomic E-state index is 3.38. The Morgan fingerprint density at radius 3 is 1.83 bits per heavy atom. The van der Waals surface area contributed by atoms with Crippen LogP contribution in [0.3, 0.4) is 0 Å². The molecule has 3 aromatic rings. The van der Waals surface area contributed by atoms with Gasteiger partial charge in [0, 0.05) is 26.2 Å². The monoisotopic (exact) mass is 396 g/mol. The molecule has 0 aliphatic rings. The van der Waals surface area contributed by atoms with Crippen LogP contribution in [0, 0.1) is 11.5 Å². The molecule has 2 heteroatoms. The van der Waals surface area contributed by atoms with Gasteiger partial charge in [0.25, 0.3) is 0 Å². The van der Waals surface area contributed by atoms with Gasteiger partial charge >= 0.3 is 0 Å². The molecule has 0 saturated carbocycles. The average Bonchev–Trinajstić information content (AvgIpc) is 3.23. The summed E-state index contributed by atoms with van der Waals surface area (Å²) in [5.41, 5.74) is 0.172. The van der Waals surface area contributed by atoms with Crippen molar-refractivity contribution in [1.82, 2.24) is 0 Å². The number of hydrogen-bond donors (Lipinski definition) is 0. The third-order valence-corrected chi connectivity index (χ3v) is 3.62. The van der Waals surface area contributed by atoms with Crippen LogP contribution in [0.5, 0.6) is 0 Å². The molecule has 3 rings (SSSR count). The molecule has 0 bridgehead atoms. The summed E-state index contributed by atoms with van der Waals surface area (Å²) in [6.07, 6.45) is 0. The van der Waals surface area contributed by atoms with Crippen molar-refractivity contribution in [2.75, 3.05) is 0 Å². The fourth-order valence-electron chi connectivity index (χ4n) is 1.32. The van der Waals surface area contributed by atoms with Crippen LogP contribution in [0.15, 0.2) is 84.9 Å². The first-order valence-corrected chi connectivity index (χ1v) is 8.25. The number of benzene rings is 1. The maximum Gasteiger partial charge on any atom is 0 e. The Morgan fingerprint density at radius 2 is 1.48 bits per heavy atom. The van der Waals surface area contributed by atoms with E-state index in [9.17, 15) is 0 Å². The SMILES string of the molecule is CC(C)(C)[C-]=Pc1[c-]cccc1.[Zr].[cH-]1[cH-][cH-][cH-][cH-]1.c1cc[cH-]c1. The molecule has 0 amide bonds. The maximum atomic E-state index is 3.38. The third-order valence-electron chi connectivity index (χ3n) is 2.32. The standard InChI is InChI=1S/C11H13P.2C5H5.Zr/c1-11(2,3)9-12-10-7-5-4-6-8-10;2*1-2-4-5-3-1;/h4-7H,1-3H3;2*1-5H;/q-2;-5;-1;. The molecule has 23 heavy (non-hydrogen) atoms. The molecule has 0 saturated heterocycles. The van der Waals surface area contributed by atoms with Crippen LogP contribution in [0.4, 0.5) is 0 Å². The van der Waals surface area contributed by atoms with Crippen molar-refractivity contribution < 1.29 is 26.2 Å². The fourth-order valence-corrected chi connectivity index (χ4v) is 2.08. The van der Waals surface area contributed by atoms with Crippen molar-refractivity contribution in [3.05, 3.63) is 91.0 Å². The summed E-state index contributed by atoms with van der Waals surface area (Å²) in [7, 11) is 1.14.